The highest BCUT2D eigenvalue weighted by Crippen LogP contribution is 2.30. The lowest BCUT2D eigenvalue weighted by atomic mass is 10.1. The van der Waals surface area contributed by atoms with Crippen molar-refractivity contribution < 1.29 is 27.5 Å². The average Bonchev–Trinajstić information content (AvgIpc) is 3.28. The monoisotopic (exact) mass is 558 g/mol. The van der Waals surface area contributed by atoms with Crippen molar-refractivity contribution in [1.29, 1.82) is 0 Å². The minimum atomic E-state index is -3.48. The molecular weight excluding hydrogens is 524 g/mol. The summed E-state index contributed by atoms with van der Waals surface area (Å²) in [5.41, 5.74) is 2.54. The van der Waals surface area contributed by atoms with E-state index in [4.69, 9.17) is 9.47 Å². The Balaban J connectivity index is 1.88. The zero-order chi connectivity index (χ0) is 27.9. The van der Waals surface area contributed by atoms with Crippen LogP contribution in [-0.4, -0.2) is 62.3 Å². The number of methoxy groups -OCH3 is 2. The number of ether oxygens (including phenoxy) is 2. The summed E-state index contributed by atoms with van der Waals surface area (Å²) in [5, 5.41) is 0.568. The Hall–Kier alpha value is -3.24. The molecule has 0 N–H and O–H groups in total. The van der Waals surface area contributed by atoms with E-state index in [1.807, 2.05) is 37.3 Å². The van der Waals surface area contributed by atoms with Gasteiger partial charge in [0, 0.05) is 28.3 Å². The molecular formula is C28H34N2O6S2. The second-order valence-corrected chi connectivity index (χ2v) is 12.6. The Labute approximate surface area is 228 Å². The summed E-state index contributed by atoms with van der Waals surface area (Å²) in [5.74, 6) is -0.331. The number of hydrogen-bond acceptors (Lipinski definition) is 8. The van der Waals surface area contributed by atoms with E-state index in [0.717, 1.165) is 18.4 Å². The maximum absolute atomic E-state index is 13.7. The minimum Gasteiger partial charge on any atom is -0.496 e. The van der Waals surface area contributed by atoms with Gasteiger partial charge >= 0.3 is 0 Å². The standard InChI is InChI=1S/C28H34N2O6S2/c1-6-38(33,34)18-23(31)27-20(3)37-26(29-27)17-30(14-10-13-21-11-8-7-9-12-21)28(32)22-15-24(35-4)19(2)25(16-22)36-5/h7-9,11-12,15-16H,6,10,13-14,17-18H2,1-5H3. The van der Waals surface area contributed by atoms with Gasteiger partial charge in [-0.2, -0.15) is 0 Å². The van der Waals surface area contributed by atoms with E-state index in [2.05, 4.69) is 4.98 Å². The van der Waals surface area contributed by atoms with Crippen LogP contribution in [0.15, 0.2) is 42.5 Å². The highest BCUT2D eigenvalue weighted by Gasteiger charge is 2.24. The zero-order valence-corrected chi connectivity index (χ0v) is 24.1. The Kier molecular flexibility index (Phi) is 10.0. The molecule has 0 aliphatic heterocycles. The van der Waals surface area contributed by atoms with Crippen molar-refractivity contribution in [3.8, 4) is 11.5 Å². The van der Waals surface area contributed by atoms with E-state index in [1.54, 1.807) is 38.2 Å². The zero-order valence-electron chi connectivity index (χ0n) is 22.4. The maximum Gasteiger partial charge on any atom is 0.254 e. The van der Waals surface area contributed by atoms with Crippen LogP contribution in [0.2, 0.25) is 0 Å². The number of aromatic nitrogens is 1. The molecule has 10 heteroatoms. The number of amides is 1. The third kappa shape index (κ3) is 7.41. The van der Waals surface area contributed by atoms with Gasteiger partial charge in [-0.15, -0.1) is 11.3 Å². The number of benzene rings is 2. The van der Waals surface area contributed by atoms with Crippen LogP contribution in [0.4, 0.5) is 0 Å². The molecule has 0 saturated heterocycles. The number of Topliss-reactive ketones (excluding diaryl/α,β-unsaturated/α-hetero) is 1. The number of thiazole rings is 1. The van der Waals surface area contributed by atoms with Gasteiger partial charge in [-0.25, -0.2) is 13.4 Å². The molecule has 0 unspecified atom stereocenters. The summed E-state index contributed by atoms with van der Waals surface area (Å²) in [7, 11) is -0.385. The Bertz CT molecular complexity index is 1360. The lowest BCUT2D eigenvalue weighted by Gasteiger charge is -2.23. The first kappa shape index (κ1) is 29.3. The second-order valence-electron chi connectivity index (χ2n) is 8.93. The summed E-state index contributed by atoms with van der Waals surface area (Å²) in [6.45, 7) is 5.75. The Morgan fingerprint density at radius 3 is 2.24 bits per heavy atom. The van der Waals surface area contributed by atoms with Crippen LogP contribution in [0.5, 0.6) is 11.5 Å². The van der Waals surface area contributed by atoms with E-state index in [9.17, 15) is 18.0 Å². The summed E-state index contributed by atoms with van der Waals surface area (Å²) in [6.07, 6.45) is 1.52. The number of sulfone groups is 1. The molecule has 0 spiro atoms. The molecule has 0 aliphatic rings. The first-order valence-electron chi connectivity index (χ1n) is 12.3. The molecule has 8 nitrogen and oxygen atoms in total. The van der Waals surface area contributed by atoms with E-state index in [-0.39, 0.29) is 23.9 Å². The van der Waals surface area contributed by atoms with Crippen LogP contribution in [0.25, 0.3) is 0 Å². The van der Waals surface area contributed by atoms with Gasteiger partial charge in [-0.3, -0.25) is 9.59 Å². The van der Waals surface area contributed by atoms with E-state index in [1.165, 1.54) is 23.8 Å². The first-order chi connectivity index (χ1) is 18.1. The number of aryl methyl sites for hydroxylation is 2. The topological polar surface area (TPSA) is 103 Å². The molecule has 0 bridgehead atoms. The molecule has 0 saturated carbocycles. The number of carbonyl (C=O) groups is 2. The van der Waals surface area contributed by atoms with Gasteiger partial charge < -0.3 is 14.4 Å². The van der Waals surface area contributed by atoms with Gasteiger partial charge in [-0.1, -0.05) is 37.3 Å². The molecule has 3 rings (SSSR count). The SMILES string of the molecule is CCS(=O)(=O)CC(=O)c1nc(CN(CCCc2ccccc2)C(=O)c2cc(OC)c(C)c(OC)c2)sc1C. The Morgan fingerprint density at radius 2 is 1.66 bits per heavy atom. The normalized spacial score (nSPS) is 11.3. The van der Waals surface area contributed by atoms with Gasteiger partial charge in [0.2, 0.25) is 0 Å². The molecule has 0 aliphatic carbocycles. The van der Waals surface area contributed by atoms with E-state index in [0.29, 0.717) is 33.5 Å². The summed E-state index contributed by atoms with van der Waals surface area (Å²) < 4.78 is 34.9. The molecule has 0 fully saturated rings. The largest absolute Gasteiger partial charge is 0.496 e. The van der Waals surface area contributed by atoms with Crippen molar-refractivity contribution >= 4 is 32.9 Å². The summed E-state index contributed by atoms with van der Waals surface area (Å²) in [4.78, 5) is 33.2. The summed E-state index contributed by atoms with van der Waals surface area (Å²) in [6, 6.07) is 13.4. The molecule has 2 aromatic carbocycles. The number of ketones is 1. The molecule has 204 valence electrons. The third-order valence-electron chi connectivity index (χ3n) is 6.24. The van der Waals surface area contributed by atoms with Crippen LogP contribution in [0.3, 0.4) is 0 Å². The van der Waals surface area contributed by atoms with Crippen molar-refractivity contribution in [3.05, 3.63) is 74.7 Å². The fourth-order valence-corrected chi connectivity index (χ4v) is 5.78. The first-order valence-corrected chi connectivity index (χ1v) is 15.0. The predicted molar refractivity (Wildman–Crippen MR) is 149 cm³/mol. The predicted octanol–water partition coefficient (Wildman–Crippen LogP) is 4.67. The molecule has 38 heavy (non-hydrogen) atoms. The van der Waals surface area contributed by atoms with Gasteiger partial charge in [0.25, 0.3) is 5.91 Å². The minimum absolute atomic E-state index is 0.109. The van der Waals surface area contributed by atoms with Crippen molar-refractivity contribution in [2.45, 2.75) is 40.2 Å². The van der Waals surface area contributed by atoms with Crippen LogP contribution in [0.1, 0.15) is 55.2 Å². The van der Waals surface area contributed by atoms with Gasteiger partial charge in [0.1, 0.15) is 28.0 Å². The molecule has 1 heterocycles. The Morgan fingerprint density at radius 1 is 1.03 bits per heavy atom. The van der Waals surface area contributed by atoms with Crippen molar-refractivity contribution in [2.75, 3.05) is 32.3 Å². The van der Waals surface area contributed by atoms with Crippen molar-refractivity contribution in [1.82, 2.24) is 9.88 Å². The number of hydrogen-bond donors (Lipinski definition) is 0. The van der Waals surface area contributed by atoms with Crippen LogP contribution in [0, 0.1) is 13.8 Å². The highest BCUT2D eigenvalue weighted by atomic mass is 32.2. The van der Waals surface area contributed by atoms with Crippen molar-refractivity contribution in [3.63, 3.8) is 0 Å². The van der Waals surface area contributed by atoms with Gasteiger partial charge in [-0.05, 0) is 44.4 Å². The fourth-order valence-electron chi connectivity index (χ4n) is 4.07. The third-order valence-corrected chi connectivity index (χ3v) is 8.78. The number of rotatable bonds is 13. The van der Waals surface area contributed by atoms with Gasteiger partial charge in [0.15, 0.2) is 15.6 Å². The maximum atomic E-state index is 13.7. The molecule has 3 aromatic rings. The fraction of sp³-hybridized carbons (Fsp3) is 0.393. The van der Waals surface area contributed by atoms with E-state index >= 15 is 0 Å². The number of nitrogens with zero attached hydrogens (tertiary/aromatic N) is 2. The highest BCUT2D eigenvalue weighted by molar-refractivity contribution is 7.92. The van der Waals surface area contributed by atoms with Crippen LogP contribution in [-0.2, 0) is 22.8 Å². The lowest BCUT2D eigenvalue weighted by Crippen LogP contribution is -2.32. The number of carbonyl (C=O) groups excluding carboxylic acids is 2. The average molecular weight is 559 g/mol. The molecule has 0 radical (unpaired) electrons. The van der Waals surface area contributed by atoms with Crippen LogP contribution >= 0.6 is 11.3 Å². The van der Waals surface area contributed by atoms with Crippen LogP contribution < -0.4 is 9.47 Å². The quantitative estimate of drug-likeness (QED) is 0.281. The smallest absolute Gasteiger partial charge is 0.254 e. The summed E-state index contributed by atoms with van der Waals surface area (Å²) >= 11 is 1.29. The van der Waals surface area contributed by atoms with E-state index < -0.39 is 21.4 Å². The second kappa shape index (κ2) is 13.0. The van der Waals surface area contributed by atoms with Gasteiger partial charge in [0.05, 0.1) is 20.8 Å². The molecule has 1 amide bonds. The molecule has 1 aromatic heterocycles. The van der Waals surface area contributed by atoms with Crippen molar-refractivity contribution in [2.24, 2.45) is 0 Å². The lowest BCUT2D eigenvalue weighted by molar-refractivity contribution is 0.0740. The molecule has 0 atom stereocenters.